The van der Waals surface area contributed by atoms with Gasteiger partial charge in [-0.3, -0.25) is 18.8 Å². The standard InChI is InChI=1S/C25H27N5O2/c1-17-8-7-11-21-24(17)27-16-29(25(21)32)13-12-23(31)26-14-22-18(2)28-30(19(22)3)15-20-9-5-4-6-10-20/h4-11,16H,12-15H2,1-3H3,(H,26,31). The largest absolute Gasteiger partial charge is 0.352 e. The third-order valence-corrected chi connectivity index (χ3v) is 5.80. The third kappa shape index (κ3) is 4.46. The first-order chi connectivity index (χ1) is 15.4. The number of carbonyl (C=O) groups excluding carboxylic acids is 1. The molecule has 2 heterocycles. The highest BCUT2D eigenvalue weighted by atomic mass is 16.1. The predicted octanol–water partition coefficient (Wildman–Crippen LogP) is 3.27. The monoisotopic (exact) mass is 429 g/mol. The molecule has 7 heteroatoms. The molecule has 0 saturated carbocycles. The Morgan fingerprint density at radius 3 is 2.59 bits per heavy atom. The molecule has 7 nitrogen and oxygen atoms in total. The Morgan fingerprint density at radius 1 is 1.03 bits per heavy atom. The van der Waals surface area contributed by atoms with E-state index in [4.69, 9.17) is 0 Å². The van der Waals surface area contributed by atoms with Crippen molar-refractivity contribution in [2.45, 2.75) is 46.8 Å². The molecule has 164 valence electrons. The van der Waals surface area contributed by atoms with Crippen LogP contribution in [0.25, 0.3) is 10.9 Å². The fraction of sp³-hybridized carbons (Fsp3) is 0.280. The molecule has 0 aliphatic rings. The van der Waals surface area contributed by atoms with Crippen molar-refractivity contribution in [1.29, 1.82) is 0 Å². The maximum absolute atomic E-state index is 12.7. The summed E-state index contributed by atoms with van der Waals surface area (Å²) < 4.78 is 3.46. The highest BCUT2D eigenvalue weighted by Gasteiger charge is 2.13. The molecule has 1 N–H and O–H groups in total. The van der Waals surface area contributed by atoms with Gasteiger partial charge in [0.15, 0.2) is 0 Å². The molecule has 0 radical (unpaired) electrons. The molecule has 0 fully saturated rings. The summed E-state index contributed by atoms with van der Waals surface area (Å²) in [5.74, 6) is -0.115. The van der Waals surface area contributed by atoms with Gasteiger partial charge in [-0.25, -0.2) is 4.98 Å². The first-order valence-corrected chi connectivity index (χ1v) is 10.7. The second-order valence-corrected chi connectivity index (χ2v) is 8.03. The zero-order valence-corrected chi connectivity index (χ0v) is 18.6. The summed E-state index contributed by atoms with van der Waals surface area (Å²) in [4.78, 5) is 29.6. The maximum atomic E-state index is 12.7. The van der Waals surface area contributed by atoms with E-state index in [0.29, 0.717) is 24.0 Å². The summed E-state index contributed by atoms with van der Waals surface area (Å²) in [7, 11) is 0. The van der Waals surface area contributed by atoms with E-state index in [-0.39, 0.29) is 24.4 Å². The quantitative estimate of drug-likeness (QED) is 0.489. The van der Waals surface area contributed by atoms with Gasteiger partial charge in [0, 0.05) is 30.8 Å². The van der Waals surface area contributed by atoms with Gasteiger partial charge in [-0.2, -0.15) is 5.10 Å². The van der Waals surface area contributed by atoms with E-state index in [1.54, 1.807) is 6.07 Å². The van der Waals surface area contributed by atoms with Crippen molar-refractivity contribution in [3.05, 3.63) is 93.3 Å². The van der Waals surface area contributed by atoms with Gasteiger partial charge in [-0.05, 0) is 38.0 Å². The lowest BCUT2D eigenvalue weighted by atomic mass is 10.1. The third-order valence-electron chi connectivity index (χ3n) is 5.80. The molecule has 0 aliphatic carbocycles. The van der Waals surface area contributed by atoms with Crippen LogP contribution in [0.1, 0.15) is 34.5 Å². The number of benzene rings is 2. The Balaban J connectivity index is 1.38. The lowest BCUT2D eigenvalue weighted by Crippen LogP contribution is -2.27. The lowest BCUT2D eigenvalue weighted by Gasteiger charge is -2.09. The fourth-order valence-corrected chi connectivity index (χ4v) is 3.89. The van der Waals surface area contributed by atoms with Crippen molar-refractivity contribution >= 4 is 16.8 Å². The Hall–Kier alpha value is -3.74. The van der Waals surface area contributed by atoms with Crippen LogP contribution in [0.15, 0.2) is 59.7 Å². The summed E-state index contributed by atoms with van der Waals surface area (Å²) in [5, 5.41) is 8.18. The molecule has 0 spiro atoms. The van der Waals surface area contributed by atoms with Crippen LogP contribution in [0.4, 0.5) is 0 Å². The summed E-state index contributed by atoms with van der Waals surface area (Å²) in [6, 6.07) is 15.7. The molecular weight excluding hydrogens is 402 g/mol. The summed E-state index contributed by atoms with van der Waals surface area (Å²) in [6.07, 6.45) is 1.72. The Kier molecular flexibility index (Phi) is 6.16. The van der Waals surface area contributed by atoms with E-state index >= 15 is 0 Å². The average Bonchev–Trinajstić information content (AvgIpc) is 3.05. The number of carbonyl (C=O) groups is 1. The number of aryl methyl sites for hydroxylation is 3. The number of hydrogen-bond acceptors (Lipinski definition) is 4. The summed E-state index contributed by atoms with van der Waals surface area (Å²) in [6.45, 7) is 7.30. The number of hydrogen-bond donors (Lipinski definition) is 1. The van der Waals surface area contributed by atoms with Crippen LogP contribution in [-0.4, -0.2) is 25.2 Å². The average molecular weight is 430 g/mol. The van der Waals surface area contributed by atoms with E-state index in [9.17, 15) is 9.59 Å². The zero-order chi connectivity index (χ0) is 22.7. The second kappa shape index (κ2) is 9.18. The van der Waals surface area contributed by atoms with Crippen molar-refractivity contribution in [1.82, 2.24) is 24.6 Å². The van der Waals surface area contributed by atoms with Crippen LogP contribution in [0.2, 0.25) is 0 Å². The number of nitrogens with one attached hydrogen (secondary N) is 1. The fourth-order valence-electron chi connectivity index (χ4n) is 3.89. The van der Waals surface area contributed by atoms with Crippen molar-refractivity contribution in [3.8, 4) is 0 Å². The molecule has 4 rings (SSSR count). The van der Waals surface area contributed by atoms with Crippen LogP contribution in [-0.2, 0) is 24.4 Å². The molecule has 1 amide bonds. The van der Waals surface area contributed by atoms with E-state index in [1.165, 1.54) is 16.5 Å². The smallest absolute Gasteiger partial charge is 0.261 e. The molecule has 0 unspecified atom stereocenters. The number of aromatic nitrogens is 4. The molecular formula is C25H27N5O2. The van der Waals surface area contributed by atoms with Gasteiger partial charge in [-0.1, -0.05) is 42.5 Å². The predicted molar refractivity (Wildman–Crippen MR) is 124 cm³/mol. The van der Waals surface area contributed by atoms with Gasteiger partial charge in [0.25, 0.3) is 5.56 Å². The van der Waals surface area contributed by atoms with Crippen LogP contribution >= 0.6 is 0 Å². The van der Waals surface area contributed by atoms with Crippen molar-refractivity contribution in [2.75, 3.05) is 0 Å². The SMILES string of the molecule is Cc1nn(Cc2ccccc2)c(C)c1CNC(=O)CCn1cnc2c(C)cccc2c1=O. The molecule has 4 aromatic rings. The zero-order valence-electron chi connectivity index (χ0n) is 18.6. The van der Waals surface area contributed by atoms with Gasteiger partial charge in [0.2, 0.25) is 5.91 Å². The highest BCUT2D eigenvalue weighted by Crippen LogP contribution is 2.15. The minimum Gasteiger partial charge on any atom is -0.352 e. The molecule has 0 bridgehead atoms. The van der Waals surface area contributed by atoms with E-state index < -0.39 is 0 Å². The molecule has 0 aliphatic heterocycles. The molecule has 2 aromatic heterocycles. The number of fused-ring (bicyclic) bond motifs is 1. The number of para-hydroxylation sites is 1. The number of rotatable bonds is 7. The van der Waals surface area contributed by atoms with Gasteiger partial charge in [0.05, 0.1) is 29.5 Å². The van der Waals surface area contributed by atoms with E-state index in [2.05, 4.69) is 27.5 Å². The van der Waals surface area contributed by atoms with Crippen molar-refractivity contribution in [2.24, 2.45) is 0 Å². The van der Waals surface area contributed by atoms with E-state index in [1.807, 2.05) is 55.8 Å². The molecule has 2 aromatic carbocycles. The maximum Gasteiger partial charge on any atom is 0.261 e. The first-order valence-electron chi connectivity index (χ1n) is 10.7. The lowest BCUT2D eigenvalue weighted by molar-refractivity contribution is -0.121. The van der Waals surface area contributed by atoms with E-state index in [0.717, 1.165) is 22.5 Å². The van der Waals surface area contributed by atoms with Gasteiger partial charge >= 0.3 is 0 Å². The van der Waals surface area contributed by atoms with Crippen LogP contribution in [0, 0.1) is 20.8 Å². The Bertz CT molecular complexity index is 1320. The minimum atomic E-state index is -0.125. The van der Waals surface area contributed by atoms with Crippen molar-refractivity contribution in [3.63, 3.8) is 0 Å². The summed E-state index contributed by atoms with van der Waals surface area (Å²) >= 11 is 0. The van der Waals surface area contributed by atoms with Gasteiger partial charge < -0.3 is 5.32 Å². The van der Waals surface area contributed by atoms with Gasteiger partial charge in [-0.15, -0.1) is 0 Å². The Morgan fingerprint density at radius 2 is 1.81 bits per heavy atom. The van der Waals surface area contributed by atoms with Gasteiger partial charge in [0.1, 0.15) is 0 Å². The normalized spacial score (nSPS) is 11.1. The van der Waals surface area contributed by atoms with Crippen LogP contribution in [0.3, 0.4) is 0 Å². The number of amides is 1. The Labute approximate surface area is 186 Å². The topological polar surface area (TPSA) is 81.8 Å². The molecule has 0 atom stereocenters. The summed E-state index contributed by atoms with van der Waals surface area (Å²) in [5.41, 5.74) is 5.69. The van der Waals surface area contributed by atoms with Crippen LogP contribution < -0.4 is 10.9 Å². The highest BCUT2D eigenvalue weighted by molar-refractivity contribution is 5.80. The second-order valence-electron chi connectivity index (χ2n) is 8.03. The first kappa shape index (κ1) is 21.5. The molecule has 32 heavy (non-hydrogen) atoms. The number of nitrogens with zero attached hydrogens (tertiary/aromatic N) is 4. The molecule has 0 saturated heterocycles. The van der Waals surface area contributed by atoms with Crippen molar-refractivity contribution < 1.29 is 4.79 Å². The van der Waals surface area contributed by atoms with Crippen LogP contribution in [0.5, 0.6) is 0 Å². The minimum absolute atomic E-state index is 0.115.